The Morgan fingerprint density at radius 2 is 2.28 bits per heavy atom. The van der Waals surface area contributed by atoms with Gasteiger partial charge in [0, 0.05) is 12.7 Å². The molecule has 0 atom stereocenters. The molecule has 6 nitrogen and oxygen atoms in total. The Hall–Kier alpha value is -2.24. The van der Waals surface area contributed by atoms with Gasteiger partial charge in [-0.2, -0.15) is 0 Å². The van der Waals surface area contributed by atoms with Crippen LogP contribution in [0.1, 0.15) is 12.5 Å². The molecule has 0 bridgehead atoms. The minimum Gasteiger partial charge on any atom is -0.465 e. The average molecular weight is 250 g/mol. The SMILES string of the molecule is C=C(NCC(=O)OCC)NCc1ccc(N)nc1. The summed E-state index contributed by atoms with van der Waals surface area (Å²) in [6.07, 6.45) is 1.68. The van der Waals surface area contributed by atoms with Gasteiger partial charge in [-0.25, -0.2) is 4.98 Å². The third kappa shape index (κ3) is 5.20. The molecule has 0 unspecified atom stereocenters. The number of pyridine rings is 1. The van der Waals surface area contributed by atoms with Crippen molar-refractivity contribution in [2.45, 2.75) is 13.5 Å². The molecule has 0 amide bonds. The largest absolute Gasteiger partial charge is 0.465 e. The van der Waals surface area contributed by atoms with E-state index in [1.54, 1.807) is 19.2 Å². The standard InChI is InChI=1S/C12H18N4O2/c1-3-18-12(17)8-15-9(2)14-6-10-4-5-11(13)16-7-10/h4-5,7,14-15H,2-3,6,8H2,1H3,(H2,13,16). The molecule has 0 spiro atoms. The van der Waals surface area contributed by atoms with Gasteiger partial charge in [-0.15, -0.1) is 0 Å². The topological polar surface area (TPSA) is 89.3 Å². The van der Waals surface area contributed by atoms with Gasteiger partial charge in [-0.05, 0) is 18.6 Å². The van der Waals surface area contributed by atoms with E-state index in [1.807, 2.05) is 6.07 Å². The van der Waals surface area contributed by atoms with Crippen LogP contribution in [0.4, 0.5) is 5.82 Å². The number of carbonyl (C=O) groups excluding carboxylic acids is 1. The predicted octanol–water partition coefficient (Wildman–Crippen LogP) is 0.377. The number of nitrogens with zero attached hydrogens (tertiary/aromatic N) is 1. The van der Waals surface area contributed by atoms with Crippen LogP contribution in [0.3, 0.4) is 0 Å². The number of nitrogens with two attached hydrogens (primary N) is 1. The van der Waals surface area contributed by atoms with E-state index in [4.69, 9.17) is 10.5 Å². The first-order valence-electron chi connectivity index (χ1n) is 5.64. The number of rotatable bonds is 7. The van der Waals surface area contributed by atoms with Crippen molar-refractivity contribution < 1.29 is 9.53 Å². The molecule has 18 heavy (non-hydrogen) atoms. The minimum atomic E-state index is -0.311. The predicted molar refractivity (Wildman–Crippen MR) is 69.3 cm³/mol. The highest BCUT2D eigenvalue weighted by atomic mass is 16.5. The lowest BCUT2D eigenvalue weighted by molar-refractivity contribution is -0.141. The van der Waals surface area contributed by atoms with Crippen molar-refractivity contribution in [3.8, 4) is 0 Å². The van der Waals surface area contributed by atoms with Crippen LogP contribution in [0.15, 0.2) is 30.7 Å². The first-order chi connectivity index (χ1) is 8.61. The van der Waals surface area contributed by atoms with E-state index in [-0.39, 0.29) is 12.5 Å². The second kappa shape index (κ2) is 7.16. The van der Waals surface area contributed by atoms with Gasteiger partial charge in [0.05, 0.1) is 12.4 Å². The number of carbonyl (C=O) groups is 1. The number of aromatic nitrogens is 1. The maximum absolute atomic E-state index is 11.1. The van der Waals surface area contributed by atoms with Crippen LogP contribution in [0.2, 0.25) is 0 Å². The Kier molecular flexibility index (Phi) is 5.50. The fraction of sp³-hybridized carbons (Fsp3) is 0.333. The Morgan fingerprint density at radius 3 is 2.89 bits per heavy atom. The van der Waals surface area contributed by atoms with Crippen molar-refractivity contribution in [1.29, 1.82) is 0 Å². The van der Waals surface area contributed by atoms with Crippen molar-refractivity contribution in [2.24, 2.45) is 0 Å². The number of esters is 1. The number of ether oxygens (including phenoxy) is 1. The van der Waals surface area contributed by atoms with Crippen LogP contribution in [0.25, 0.3) is 0 Å². The van der Waals surface area contributed by atoms with Gasteiger partial charge in [-0.3, -0.25) is 4.79 Å². The highest BCUT2D eigenvalue weighted by molar-refractivity contribution is 5.71. The molecule has 98 valence electrons. The van der Waals surface area contributed by atoms with Gasteiger partial charge in [0.25, 0.3) is 0 Å². The molecule has 4 N–H and O–H groups in total. The molecule has 0 saturated carbocycles. The van der Waals surface area contributed by atoms with Crippen molar-refractivity contribution in [1.82, 2.24) is 15.6 Å². The molecule has 6 heteroatoms. The summed E-state index contributed by atoms with van der Waals surface area (Å²) < 4.78 is 4.77. The number of hydrogen-bond donors (Lipinski definition) is 3. The van der Waals surface area contributed by atoms with Crippen LogP contribution < -0.4 is 16.4 Å². The number of nitrogen functional groups attached to an aromatic ring is 1. The van der Waals surface area contributed by atoms with E-state index in [0.717, 1.165) is 5.56 Å². The molecule has 0 aromatic carbocycles. The van der Waals surface area contributed by atoms with Crippen molar-refractivity contribution in [3.63, 3.8) is 0 Å². The summed E-state index contributed by atoms with van der Waals surface area (Å²) in [4.78, 5) is 15.1. The second-order valence-electron chi connectivity index (χ2n) is 3.58. The first-order valence-corrected chi connectivity index (χ1v) is 5.64. The Morgan fingerprint density at radius 1 is 1.50 bits per heavy atom. The van der Waals surface area contributed by atoms with E-state index in [9.17, 15) is 4.79 Å². The van der Waals surface area contributed by atoms with E-state index >= 15 is 0 Å². The monoisotopic (exact) mass is 250 g/mol. The zero-order valence-corrected chi connectivity index (χ0v) is 10.4. The number of nitrogens with one attached hydrogen (secondary N) is 2. The quantitative estimate of drug-likeness (QED) is 0.606. The summed E-state index contributed by atoms with van der Waals surface area (Å²) in [5, 5.41) is 5.85. The first kappa shape index (κ1) is 13.8. The fourth-order valence-corrected chi connectivity index (χ4v) is 1.20. The molecular formula is C12H18N4O2. The van der Waals surface area contributed by atoms with Gasteiger partial charge in [0.15, 0.2) is 0 Å². The summed E-state index contributed by atoms with van der Waals surface area (Å²) in [6.45, 7) is 6.53. The molecule has 0 aliphatic heterocycles. The summed E-state index contributed by atoms with van der Waals surface area (Å²) >= 11 is 0. The Labute approximate surface area is 106 Å². The number of hydrogen-bond acceptors (Lipinski definition) is 6. The van der Waals surface area contributed by atoms with Gasteiger partial charge < -0.3 is 21.1 Å². The molecule has 1 rings (SSSR count). The van der Waals surface area contributed by atoms with Gasteiger partial charge in [0.1, 0.15) is 12.4 Å². The summed E-state index contributed by atoms with van der Waals surface area (Å²) in [5.41, 5.74) is 6.45. The average Bonchev–Trinajstić information content (AvgIpc) is 2.36. The minimum absolute atomic E-state index is 0.0969. The molecule has 1 heterocycles. The second-order valence-corrected chi connectivity index (χ2v) is 3.58. The third-order valence-corrected chi connectivity index (χ3v) is 2.10. The maximum atomic E-state index is 11.1. The number of anilines is 1. The lowest BCUT2D eigenvalue weighted by Gasteiger charge is -2.11. The third-order valence-electron chi connectivity index (χ3n) is 2.10. The van der Waals surface area contributed by atoms with Gasteiger partial charge >= 0.3 is 5.97 Å². The normalized spacial score (nSPS) is 9.61. The summed E-state index contributed by atoms with van der Waals surface area (Å²) in [6, 6.07) is 3.60. The van der Waals surface area contributed by atoms with Crippen LogP contribution >= 0.6 is 0 Å². The van der Waals surface area contributed by atoms with Crippen molar-refractivity contribution in [3.05, 3.63) is 36.3 Å². The van der Waals surface area contributed by atoms with Gasteiger partial charge in [0.2, 0.25) is 0 Å². The molecular weight excluding hydrogens is 232 g/mol. The maximum Gasteiger partial charge on any atom is 0.325 e. The van der Waals surface area contributed by atoms with Crippen LogP contribution in [0, 0.1) is 0 Å². The van der Waals surface area contributed by atoms with Crippen molar-refractivity contribution >= 4 is 11.8 Å². The van der Waals surface area contributed by atoms with E-state index in [0.29, 0.717) is 24.8 Å². The van der Waals surface area contributed by atoms with Crippen LogP contribution in [-0.2, 0) is 16.1 Å². The van der Waals surface area contributed by atoms with Crippen LogP contribution in [0.5, 0.6) is 0 Å². The lowest BCUT2D eigenvalue weighted by atomic mass is 10.3. The highest BCUT2D eigenvalue weighted by Crippen LogP contribution is 2.00. The van der Waals surface area contributed by atoms with Gasteiger partial charge in [-0.1, -0.05) is 12.6 Å². The fourth-order valence-electron chi connectivity index (χ4n) is 1.20. The molecule has 1 aromatic heterocycles. The lowest BCUT2D eigenvalue weighted by Crippen LogP contribution is -2.30. The molecule has 0 saturated heterocycles. The van der Waals surface area contributed by atoms with Crippen molar-refractivity contribution in [2.75, 3.05) is 18.9 Å². The van der Waals surface area contributed by atoms with E-state index < -0.39 is 0 Å². The molecule has 1 aromatic rings. The molecule has 0 aliphatic rings. The Balaban J connectivity index is 2.24. The highest BCUT2D eigenvalue weighted by Gasteiger charge is 2.01. The van der Waals surface area contributed by atoms with Crippen LogP contribution in [-0.4, -0.2) is 24.1 Å². The summed E-state index contributed by atoms with van der Waals surface area (Å²) in [7, 11) is 0. The molecule has 0 radical (unpaired) electrons. The van der Waals surface area contributed by atoms with E-state index in [2.05, 4.69) is 22.2 Å². The molecule has 0 aliphatic carbocycles. The summed E-state index contributed by atoms with van der Waals surface area (Å²) in [5.74, 6) is 0.729. The molecule has 0 fully saturated rings. The zero-order chi connectivity index (χ0) is 13.4. The smallest absolute Gasteiger partial charge is 0.325 e. The zero-order valence-electron chi connectivity index (χ0n) is 10.4. The van der Waals surface area contributed by atoms with E-state index in [1.165, 1.54) is 0 Å². The Bertz CT molecular complexity index is 403.